The van der Waals surface area contributed by atoms with Crippen LogP contribution in [-0.2, 0) is 9.59 Å². The number of hydrogen-bond donors (Lipinski definition) is 1. The van der Waals surface area contributed by atoms with Crippen molar-refractivity contribution in [2.75, 3.05) is 45.8 Å². The Bertz CT molecular complexity index is 348. The van der Waals surface area contributed by atoms with E-state index in [0.717, 1.165) is 13.1 Å². The summed E-state index contributed by atoms with van der Waals surface area (Å²) in [5.74, 6) is -0.570. The quantitative estimate of drug-likeness (QED) is 0.775. The molecule has 0 spiro atoms. The van der Waals surface area contributed by atoms with Crippen LogP contribution in [0.2, 0.25) is 0 Å². The molecule has 1 atom stereocenters. The van der Waals surface area contributed by atoms with Crippen LogP contribution in [0.5, 0.6) is 0 Å². The number of rotatable bonds is 5. The zero-order chi connectivity index (χ0) is 14.5. The number of amides is 1. The van der Waals surface area contributed by atoms with Gasteiger partial charge in [0.25, 0.3) is 0 Å². The molecule has 1 N–H and O–H groups in total. The Morgan fingerprint density at radius 2 is 1.65 bits per heavy atom. The molecule has 2 saturated heterocycles. The van der Waals surface area contributed by atoms with E-state index in [1.165, 1.54) is 12.8 Å². The average Bonchev–Trinajstić information content (AvgIpc) is 2.92. The molecule has 6 nitrogen and oxygen atoms in total. The standard InChI is InChI=1S/C14H25N3O3/c1-2-12(14(19)20)16-7-9-17(10-8-16)13(18)11-15-5-3-4-6-15/h12H,2-11H2,1H3,(H,19,20). The molecule has 0 aromatic carbocycles. The second-order valence-electron chi connectivity index (χ2n) is 5.66. The van der Waals surface area contributed by atoms with Crippen molar-refractivity contribution in [3.63, 3.8) is 0 Å². The second kappa shape index (κ2) is 7.04. The number of aliphatic carboxylic acids is 1. The number of carbonyl (C=O) groups is 2. The number of piperazine rings is 1. The van der Waals surface area contributed by atoms with Crippen LogP contribution in [0, 0.1) is 0 Å². The first-order chi connectivity index (χ1) is 9.61. The average molecular weight is 283 g/mol. The van der Waals surface area contributed by atoms with E-state index >= 15 is 0 Å². The summed E-state index contributed by atoms with van der Waals surface area (Å²) in [5, 5.41) is 9.16. The first kappa shape index (κ1) is 15.3. The van der Waals surface area contributed by atoms with Gasteiger partial charge in [0.2, 0.25) is 5.91 Å². The SMILES string of the molecule is CCC(C(=O)O)N1CCN(C(=O)CN2CCCC2)CC1. The summed E-state index contributed by atoms with van der Waals surface area (Å²) in [5.41, 5.74) is 0. The van der Waals surface area contributed by atoms with E-state index in [2.05, 4.69) is 4.90 Å². The molecular weight excluding hydrogens is 258 g/mol. The lowest BCUT2D eigenvalue weighted by molar-refractivity contribution is -0.145. The molecule has 0 bridgehead atoms. The molecule has 20 heavy (non-hydrogen) atoms. The van der Waals surface area contributed by atoms with Gasteiger partial charge in [-0.3, -0.25) is 19.4 Å². The summed E-state index contributed by atoms with van der Waals surface area (Å²) in [7, 11) is 0. The molecule has 2 aliphatic rings. The van der Waals surface area contributed by atoms with E-state index in [-0.39, 0.29) is 5.91 Å². The Kier molecular flexibility index (Phi) is 5.37. The highest BCUT2D eigenvalue weighted by Crippen LogP contribution is 2.12. The Labute approximate surface area is 120 Å². The third kappa shape index (κ3) is 3.70. The van der Waals surface area contributed by atoms with Crippen LogP contribution < -0.4 is 0 Å². The van der Waals surface area contributed by atoms with Crippen LogP contribution >= 0.6 is 0 Å². The van der Waals surface area contributed by atoms with Crippen molar-refractivity contribution in [2.45, 2.75) is 32.2 Å². The van der Waals surface area contributed by atoms with Crippen molar-refractivity contribution < 1.29 is 14.7 Å². The predicted octanol–water partition coefficient (Wildman–Crippen LogP) is 0.0896. The molecule has 2 aliphatic heterocycles. The van der Waals surface area contributed by atoms with Crippen LogP contribution in [0.4, 0.5) is 0 Å². The summed E-state index contributed by atoms with van der Waals surface area (Å²) < 4.78 is 0. The highest BCUT2D eigenvalue weighted by atomic mass is 16.4. The molecule has 1 amide bonds. The van der Waals surface area contributed by atoms with Crippen LogP contribution in [-0.4, -0.2) is 83.5 Å². The zero-order valence-electron chi connectivity index (χ0n) is 12.3. The van der Waals surface area contributed by atoms with Gasteiger partial charge < -0.3 is 10.0 Å². The monoisotopic (exact) mass is 283 g/mol. The number of likely N-dealkylation sites (tertiary alicyclic amines) is 1. The number of hydrogen-bond acceptors (Lipinski definition) is 4. The maximum Gasteiger partial charge on any atom is 0.320 e. The van der Waals surface area contributed by atoms with Crippen molar-refractivity contribution in [3.8, 4) is 0 Å². The Morgan fingerprint density at radius 3 is 2.15 bits per heavy atom. The molecular formula is C14H25N3O3. The van der Waals surface area contributed by atoms with Crippen LogP contribution in [0.15, 0.2) is 0 Å². The van der Waals surface area contributed by atoms with E-state index < -0.39 is 12.0 Å². The van der Waals surface area contributed by atoms with Gasteiger partial charge in [-0.25, -0.2) is 0 Å². The maximum absolute atomic E-state index is 12.2. The Balaban J connectivity index is 1.78. The topological polar surface area (TPSA) is 64.1 Å². The van der Waals surface area contributed by atoms with Crippen molar-refractivity contribution >= 4 is 11.9 Å². The summed E-state index contributed by atoms with van der Waals surface area (Å²) >= 11 is 0. The normalized spacial score (nSPS) is 22.9. The lowest BCUT2D eigenvalue weighted by atomic mass is 10.1. The van der Waals surface area contributed by atoms with E-state index in [1.54, 1.807) is 0 Å². The van der Waals surface area contributed by atoms with Crippen LogP contribution in [0.3, 0.4) is 0 Å². The molecule has 0 aliphatic carbocycles. The van der Waals surface area contributed by atoms with Gasteiger partial charge in [0.05, 0.1) is 6.54 Å². The van der Waals surface area contributed by atoms with Gasteiger partial charge in [0, 0.05) is 26.2 Å². The van der Waals surface area contributed by atoms with Crippen LogP contribution in [0.25, 0.3) is 0 Å². The number of carboxylic acid groups (broad SMARTS) is 1. The molecule has 0 radical (unpaired) electrons. The number of carboxylic acids is 1. The van der Waals surface area contributed by atoms with Crippen LogP contribution in [0.1, 0.15) is 26.2 Å². The minimum Gasteiger partial charge on any atom is -0.480 e. The number of nitrogens with zero attached hydrogens (tertiary/aromatic N) is 3. The fraction of sp³-hybridized carbons (Fsp3) is 0.857. The minimum atomic E-state index is -0.760. The number of carbonyl (C=O) groups excluding carboxylic acids is 1. The summed E-state index contributed by atoms with van der Waals surface area (Å²) in [6, 6.07) is -0.411. The fourth-order valence-corrected chi connectivity index (χ4v) is 3.10. The largest absolute Gasteiger partial charge is 0.480 e. The summed E-state index contributed by atoms with van der Waals surface area (Å²) in [6.07, 6.45) is 2.99. The van der Waals surface area contributed by atoms with Gasteiger partial charge in [-0.15, -0.1) is 0 Å². The van der Waals surface area contributed by atoms with Crippen molar-refractivity contribution in [2.24, 2.45) is 0 Å². The highest BCUT2D eigenvalue weighted by Gasteiger charge is 2.29. The molecule has 114 valence electrons. The van der Waals surface area contributed by atoms with Gasteiger partial charge in [-0.2, -0.15) is 0 Å². The van der Waals surface area contributed by atoms with Gasteiger partial charge in [-0.1, -0.05) is 6.92 Å². The maximum atomic E-state index is 12.2. The van der Waals surface area contributed by atoms with Gasteiger partial charge >= 0.3 is 5.97 Å². The predicted molar refractivity (Wildman–Crippen MR) is 75.5 cm³/mol. The molecule has 0 saturated carbocycles. The second-order valence-corrected chi connectivity index (χ2v) is 5.66. The highest BCUT2D eigenvalue weighted by molar-refractivity contribution is 5.78. The summed E-state index contributed by atoms with van der Waals surface area (Å²) in [4.78, 5) is 29.4. The smallest absolute Gasteiger partial charge is 0.320 e. The molecule has 2 rings (SSSR count). The molecule has 0 aromatic heterocycles. The van der Waals surface area contributed by atoms with Gasteiger partial charge in [-0.05, 0) is 32.4 Å². The third-order valence-corrected chi connectivity index (χ3v) is 4.34. The third-order valence-electron chi connectivity index (χ3n) is 4.34. The summed E-state index contributed by atoms with van der Waals surface area (Å²) in [6.45, 7) is 7.10. The molecule has 2 fully saturated rings. The van der Waals surface area contributed by atoms with Crippen molar-refractivity contribution in [1.82, 2.24) is 14.7 Å². The molecule has 6 heteroatoms. The Morgan fingerprint density at radius 1 is 1.05 bits per heavy atom. The van der Waals surface area contributed by atoms with Crippen molar-refractivity contribution in [1.29, 1.82) is 0 Å². The Hall–Kier alpha value is -1.14. The van der Waals surface area contributed by atoms with E-state index in [1.807, 2.05) is 16.7 Å². The first-order valence-corrected chi connectivity index (χ1v) is 7.58. The zero-order valence-corrected chi connectivity index (χ0v) is 12.3. The molecule has 0 aromatic rings. The van der Waals surface area contributed by atoms with Crippen molar-refractivity contribution in [3.05, 3.63) is 0 Å². The van der Waals surface area contributed by atoms with E-state index in [0.29, 0.717) is 39.1 Å². The lowest BCUT2D eigenvalue weighted by Crippen LogP contribution is -2.55. The lowest BCUT2D eigenvalue weighted by Gasteiger charge is -2.37. The minimum absolute atomic E-state index is 0.190. The first-order valence-electron chi connectivity index (χ1n) is 7.58. The van der Waals surface area contributed by atoms with Gasteiger partial charge in [0.15, 0.2) is 0 Å². The fourth-order valence-electron chi connectivity index (χ4n) is 3.10. The van der Waals surface area contributed by atoms with E-state index in [4.69, 9.17) is 5.11 Å². The molecule has 1 unspecified atom stereocenters. The van der Waals surface area contributed by atoms with E-state index in [9.17, 15) is 9.59 Å². The van der Waals surface area contributed by atoms with Gasteiger partial charge in [0.1, 0.15) is 6.04 Å². The molecule has 2 heterocycles.